The Morgan fingerprint density at radius 3 is 0.810 bits per heavy atom. The standard InChI is InChI=1S/C8H24Cl4O4Si5/c1-17(2,13-18(3,4)15-20(7,9)10)14-19(5,6)16-21(8,11)12/h1-8H3. The van der Waals surface area contributed by atoms with Crippen molar-refractivity contribution in [2.24, 2.45) is 0 Å². The van der Waals surface area contributed by atoms with Gasteiger partial charge in [-0.05, 0) is 52.4 Å². The van der Waals surface area contributed by atoms with E-state index in [0.29, 0.717) is 0 Å². The van der Waals surface area contributed by atoms with Gasteiger partial charge in [-0.2, -0.15) is 0 Å². The Labute approximate surface area is 152 Å². The van der Waals surface area contributed by atoms with Crippen molar-refractivity contribution in [3.05, 3.63) is 0 Å². The van der Waals surface area contributed by atoms with Gasteiger partial charge in [-0.1, -0.05) is 0 Å². The maximum absolute atomic E-state index is 6.13. The van der Waals surface area contributed by atoms with Gasteiger partial charge >= 0.3 is 39.6 Å². The zero-order valence-corrected chi connectivity index (χ0v) is 21.7. The monoisotopic (exact) mass is 464 g/mol. The molecule has 0 aliphatic heterocycles. The van der Waals surface area contributed by atoms with Gasteiger partial charge in [-0.3, -0.25) is 0 Å². The van der Waals surface area contributed by atoms with Gasteiger partial charge in [0.1, 0.15) is 0 Å². The average molecular weight is 467 g/mol. The van der Waals surface area contributed by atoms with Crippen LogP contribution < -0.4 is 0 Å². The minimum atomic E-state index is -2.70. The Morgan fingerprint density at radius 2 is 0.619 bits per heavy atom. The van der Waals surface area contributed by atoms with Crippen LogP contribution in [0.4, 0.5) is 0 Å². The van der Waals surface area contributed by atoms with Crippen LogP contribution >= 0.6 is 44.3 Å². The van der Waals surface area contributed by atoms with Gasteiger partial charge in [0.2, 0.25) is 0 Å². The summed E-state index contributed by atoms with van der Waals surface area (Å²) in [4.78, 5) is 0. The van der Waals surface area contributed by atoms with Gasteiger partial charge in [-0.15, -0.1) is 44.3 Å². The minimum Gasteiger partial charge on any atom is -0.416 e. The summed E-state index contributed by atoms with van der Waals surface area (Å²) in [5.74, 6) is 0. The van der Waals surface area contributed by atoms with Gasteiger partial charge in [0, 0.05) is 0 Å². The number of rotatable bonds is 8. The fourth-order valence-corrected chi connectivity index (χ4v) is 26.8. The number of hydrogen-bond donors (Lipinski definition) is 0. The summed E-state index contributed by atoms with van der Waals surface area (Å²) in [5.41, 5.74) is 0. The number of halogens is 4. The van der Waals surface area contributed by atoms with Crippen LogP contribution in [0, 0.1) is 0 Å². The normalized spacial score (nSPS) is 15.4. The van der Waals surface area contributed by atoms with Crippen LogP contribution in [0.2, 0.25) is 52.4 Å². The van der Waals surface area contributed by atoms with Crippen LogP contribution in [0.25, 0.3) is 0 Å². The summed E-state index contributed by atoms with van der Waals surface area (Å²) in [7, 11) is -7.46. The molecule has 0 radical (unpaired) electrons. The highest BCUT2D eigenvalue weighted by molar-refractivity contribution is 7.43. The highest BCUT2D eigenvalue weighted by Crippen LogP contribution is 2.29. The van der Waals surface area contributed by atoms with E-state index in [2.05, 4.69) is 0 Å². The third-order valence-electron chi connectivity index (χ3n) is 1.83. The second-order valence-corrected chi connectivity index (χ2v) is 30.9. The molecule has 0 aliphatic carbocycles. The molecule has 128 valence electrons. The van der Waals surface area contributed by atoms with Crippen molar-refractivity contribution in [2.45, 2.75) is 52.4 Å². The zero-order chi connectivity index (χ0) is 17.3. The largest absolute Gasteiger partial charge is 0.416 e. The van der Waals surface area contributed by atoms with E-state index in [1.807, 2.05) is 39.3 Å². The third-order valence-corrected chi connectivity index (χ3v) is 19.3. The lowest BCUT2D eigenvalue weighted by Gasteiger charge is -2.39. The van der Waals surface area contributed by atoms with Crippen LogP contribution in [0.5, 0.6) is 0 Å². The highest BCUT2D eigenvalue weighted by atomic mass is 35.7. The van der Waals surface area contributed by atoms with Crippen LogP contribution in [-0.4, -0.2) is 39.6 Å². The first kappa shape index (κ1) is 23.1. The molecule has 4 nitrogen and oxygen atoms in total. The van der Waals surface area contributed by atoms with Crippen LogP contribution in [0.15, 0.2) is 0 Å². The molecule has 0 atom stereocenters. The SMILES string of the molecule is C[Si](Cl)(Cl)O[Si](C)(C)O[Si](C)(C)O[Si](C)(C)O[Si](C)(Cl)Cl. The molecule has 13 heteroatoms. The summed E-state index contributed by atoms with van der Waals surface area (Å²) >= 11 is 24.1. The second-order valence-electron chi connectivity index (χ2n) is 6.22. The molecule has 0 amide bonds. The molecule has 0 saturated carbocycles. The van der Waals surface area contributed by atoms with E-state index in [1.165, 1.54) is 0 Å². The van der Waals surface area contributed by atoms with Crippen molar-refractivity contribution in [3.63, 3.8) is 0 Å². The van der Waals surface area contributed by atoms with E-state index in [-0.39, 0.29) is 0 Å². The molecule has 0 aromatic heterocycles. The molecule has 0 saturated heterocycles. The Balaban J connectivity index is 4.83. The Morgan fingerprint density at radius 1 is 0.429 bits per heavy atom. The molecular weight excluding hydrogens is 442 g/mol. The maximum atomic E-state index is 6.13. The van der Waals surface area contributed by atoms with E-state index in [4.69, 9.17) is 60.8 Å². The third kappa shape index (κ3) is 13.1. The Bertz CT molecular complexity index is 324. The maximum Gasteiger partial charge on any atom is 0.377 e. The van der Waals surface area contributed by atoms with E-state index < -0.39 is 39.6 Å². The predicted octanol–water partition coefficient (Wildman–Crippen LogP) is 5.25. The molecule has 0 spiro atoms. The van der Waals surface area contributed by atoms with Gasteiger partial charge in [0.05, 0.1) is 0 Å². The summed E-state index contributed by atoms with van der Waals surface area (Å²) in [5, 5.41) is 0. The summed E-state index contributed by atoms with van der Waals surface area (Å²) in [6, 6.07) is 0. The quantitative estimate of drug-likeness (QED) is 0.362. The van der Waals surface area contributed by atoms with E-state index in [0.717, 1.165) is 0 Å². The molecule has 0 N–H and O–H groups in total. The van der Waals surface area contributed by atoms with Crippen molar-refractivity contribution >= 4 is 83.9 Å². The van der Waals surface area contributed by atoms with Crippen molar-refractivity contribution in [3.8, 4) is 0 Å². The lowest BCUT2D eigenvalue weighted by atomic mass is 11.9. The summed E-state index contributed by atoms with van der Waals surface area (Å²) < 4.78 is 23.8. The minimum absolute atomic E-state index is 1.70. The molecule has 0 aromatic carbocycles. The van der Waals surface area contributed by atoms with Gasteiger partial charge in [0.25, 0.3) is 0 Å². The smallest absolute Gasteiger partial charge is 0.377 e. The fraction of sp³-hybridized carbons (Fsp3) is 1.00. The number of hydrogen-bond acceptors (Lipinski definition) is 4. The molecule has 0 bridgehead atoms. The molecule has 0 aromatic rings. The first-order valence-electron chi connectivity index (χ1n) is 6.39. The fourth-order valence-electron chi connectivity index (χ4n) is 2.11. The summed E-state index contributed by atoms with van der Waals surface area (Å²) in [6.45, 7) is 9.48. The lowest BCUT2D eigenvalue weighted by Crippen LogP contribution is -2.57. The van der Waals surface area contributed by atoms with Gasteiger partial charge in [-0.25, -0.2) is 0 Å². The molecule has 0 unspecified atom stereocenters. The molecule has 0 rings (SSSR count). The van der Waals surface area contributed by atoms with Gasteiger partial charge < -0.3 is 16.5 Å². The van der Waals surface area contributed by atoms with E-state index in [1.54, 1.807) is 13.1 Å². The molecule has 0 heterocycles. The Hall–Kier alpha value is 2.08. The van der Waals surface area contributed by atoms with Crippen molar-refractivity contribution < 1.29 is 16.5 Å². The molecule has 0 aliphatic rings. The van der Waals surface area contributed by atoms with Crippen molar-refractivity contribution in [1.82, 2.24) is 0 Å². The van der Waals surface area contributed by atoms with Crippen molar-refractivity contribution in [2.75, 3.05) is 0 Å². The van der Waals surface area contributed by atoms with Crippen LogP contribution in [0.1, 0.15) is 0 Å². The topological polar surface area (TPSA) is 36.9 Å². The molecule has 21 heavy (non-hydrogen) atoms. The summed E-state index contributed by atoms with van der Waals surface area (Å²) in [6.07, 6.45) is 0. The average Bonchev–Trinajstić information content (AvgIpc) is 1.83. The molecular formula is C8H24Cl4O4Si5. The molecule has 0 fully saturated rings. The first-order chi connectivity index (χ1) is 8.83. The van der Waals surface area contributed by atoms with E-state index in [9.17, 15) is 0 Å². The predicted molar refractivity (Wildman–Crippen MR) is 103 cm³/mol. The Kier molecular flexibility index (Phi) is 8.29. The lowest BCUT2D eigenvalue weighted by molar-refractivity contribution is 0.305. The second kappa shape index (κ2) is 7.54. The zero-order valence-electron chi connectivity index (χ0n) is 13.6. The van der Waals surface area contributed by atoms with E-state index >= 15 is 0 Å². The van der Waals surface area contributed by atoms with Gasteiger partial charge in [0.15, 0.2) is 0 Å². The van der Waals surface area contributed by atoms with Crippen LogP contribution in [-0.2, 0) is 16.5 Å². The van der Waals surface area contributed by atoms with Crippen molar-refractivity contribution in [1.29, 1.82) is 0 Å². The first-order valence-corrected chi connectivity index (χ1v) is 23.7. The van der Waals surface area contributed by atoms with Crippen LogP contribution in [0.3, 0.4) is 0 Å². The highest BCUT2D eigenvalue weighted by Gasteiger charge is 2.46.